The number of likely N-dealkylation sites (tertiary alicyclic amines) is 1. The van der Waals surface area contributed by atoms with Gasteiger partial charge in [0.15, 0.2) is 11.5 Å². The Morgan fingerprint density at radius 3 is 2.64 bits per heavy atom. The molecule has 2 aliphatic rings. The number of amides is 2. The number of fused-ring (bicyclic) bond motifs is 1. The highest BCUT2D eigenvalue weighted by Crippen LogP contribution is 2.34. The molecular weight excluding hydrogens is 358 g/mol. The summed E-state index contributed by atoms with van der Waals surface area (Å²) in [7, 11) is 0. The standard InChI is InChI=1S/C21H19N3O4/c22-12-14-2-1-3-16(10-14)21(26)24-8-6-15(7-9-24)20(25)23-17-4-5-18-19(11-17)28-13-27-18/h1-5,10-11,15H,6-9,13H2,(H,23,25). The molecule has 0 aliphatic carbocycles. The first-order valence-electron chi connectivity index (χ1n) is 9.14. The average molecular weight is 377 g/mol. The van der Waals surface area contributed by atoms with E-state index in [1.807, 2.05) is 6.07 Å². The van der Waals surface area contributed by atoms with Gasteiger partial charge in [0, 0.05) is 36.3 Å². The summed E-state index contributed by atoms with van der Waals surface area (Å²) in [6.45, 7) is 1.21. The Hall–Kier alpha value is -3.53. The maximum absolute atomic E-state index is 12.6. The van der Waals surface area contributed by atoms with Crippen molar-refractivity contribution in [2.45, 2.75) is 12.8 Å². The van der Waals surface area contributed by atoms with Crippen molar-refractivity contribution >= 4 is 17.5 Å². The number of nitrogens with one attached hydrogen (secondary N) is 1. The summed E-state index contributed by atoms with van der Waals surface area (Å²) in [5, 5.41) is 11.9. The molecule has 2 amide bonds. The van der Waals surface area contributed by atoms with Crippen LogP contribution >= 0.6 is 0 Å². The number of benzene rings is 2. The number of hydrogen-bond donors (Lipinski definition) is 1. The molecule has 7 heteroatoms. The van der Waals surface area contributed by atoms with Gasteiger partial charge in [0.05, 0.1) is 11.6 Å². The molecular formula is C21H19N3O4. The number of carbonyl (C=O) groups is 2. The predicted octanol–water partition coefficient (Wildman–Crippen LogP) is 2.78. The first kappa shape index (κ1) is 17.9. The maximum atomic E-state index is 12.6. The third-order valence-corrected chi connectivity index (χ3v) is 5.03. The average Bonchev–Trinajstić information content (AvgIpc) is 3.21. The highest BCUT2D eigenvalue weighted by atomic mass is 16.7. The fourth-order valence-electron chi connectivity index (χ4n) is 3.47. The van der Waals surface area contributed by atoms with Crippen LogP contribution in [0.15, 0.2) is 42.5 Å². The van der Waals surface area contributed by atoms with Crippen molar-refractivity contribution in [3.05, 3.63) is 53.6 Å². The van der Waals surface area contributed by atoms with E-state index in [1.54, 1.807) is 47.4 Å². The molecule has 2 heterocycles. The Morgan fingerprint density at radius 2 is 1.86 bits per heavy atom. The van der Waals surface area contributed by atoms with Crippen LogP contribution in [0.4, 0.5) is 5.69 Å². The summed E-state index contributed by atoms with van der Waals surface area (Å²) in [6, 6.07) is 14.0. The highest BCUT2D eigenvalue weighted by Gasteiger charge is 2.28. The molecule has 1 saturated heterocycles. The molecule has 0 bridgehead atoms. The molecule has 0 aromatic heterocycles. The number of hydrogen-bond acceptors (Lipinski definition) is 5. The van der Waals surface area contributed by atoms with Crippen LogP contribution in [0.2, 0.25) is 0 Å². The number of ether oxygens (including phenoxy) is 2. The second-order valence-electron chi connectivity index (χ2n) is 6.82. The molecule has 0 atom stereocenters. The van der Waals surface area contributed by atoms with Gasteiger partial charge in [-0.1, -0.05) is 6.07 Å². The second-order valence-corrected chi connectivity index (χ2v) is 6.82. The van der Waals surface area contributed by atoms with Crippen LogP contribution in [0.25, 0.3) is 0 Å². The first-order chi connectivity index (χ1) is 13.6. The lowest BCUT2D eigenvalue weighted by atomic mass is 9.95. The smallest absolute Gasteiger partial charge is 0.253 e. The maximum Gasteiger partial charge on any atom is 0.253 e. The van der Waals surface area contributed by atoms with Gasteiger partial charge in [-0.15, -0.1) is 0 Å². The van der Waals surface area contributed by atoms with E-state index in [0.29, 0.717) is 54.2 Å². The van der Waals surface area contributed by atoms with Gasteiger partial charge in [0.25, 0.3) is 5.91 Å². The van der Waals surface area contributed by atoms with Crippen LogP contribution in [0.3, 0.4) is 0 Å². The highest BCUT2D eigenvalue weighted by molar-refractivity contribution is 5.95. The van der Waals surface area contributed by atoms with E-state index in [2.05, 4.69) is 5.32 Å². The van der Waals surface area contributed by atoms with Crippen LogP contribution in [-0.2, 0) is 4.79 Å². The van der Waals surface area contributed by atoms with Crippen molar-refractivity contribution in [3.63, 3.8) is 0 Å². The minimum absolute atomic E-state index is 0.0579. The number of nitriles is 1. The van der Waals surface area contributed by atoms with Crippen LogP contribution in [0.5, 0.6) is 11.5 Å². The molecule has 0 radical (unpaired) electrons. The summed E-state index contributed by atoms with van der Waals surface area (Å²) in [5.41, 5.74) is 1.63. The number of carbonyl (C=O) groups excluding carboxylic acids is 2. The number of piperidine rings is 1. The van der Waals surface area contributed by atoms with Gasteiger partial charge >= 0.3 is 0 Å². The van der Waals surface area contributed by atoms with Gasteiger partial charge in [0.2, 0.25) is 12.7 Å². The molecule has 4 rings (SSSR count). The van der Waals surface area contributed by atoms with Crippen molar-refractivity contribution in [2.75, 3.05) is 25.2 Å². The largest absolute Gasteiger partial charge is 0.454 e. The molecule has 2 aromatic rings. The van der Waals surface area contributed by atoms with Crippen LogP contribution in [0, 0.1) is 17.2 Å². The van der Waals surface area contributed by atoms with E-state index in [0.717, 1.165) is 0 Å². The van der Waals surface area contributed by atoms with Gasteiger partial charge in [0.1, 0.15) is 0 Å². The molecule has 28 heavy (non-hydrogen) atoms. The van der Waals surface area contributed by atoms with E-state index < -0.39 is 0 Å². The molecule has 142 valence electrons. The summed E-state index contributed by atoms with van der Waals surface area (Å²) in [5.74, 6) is 0.979. The molecule has 2 aromatic carbocycles. The fraction of sp³-hybridized carbons (Fsp3) is 0.286. The van der Waals surface area contributed by atoms with Crippen LogP contribution in [-0.4, -0.2) is 36.6 Å². The normalized spacial score (nSPS) is 15.8. The van der Waals surface area contributed by atoms with E-state index in [-0.39, 0.29) is 24.5 Å². The molecule has 0 saturated carbocycles. The van der Waals surface area contributed by atoms with Gasteiger partial charge < -0.3 is 19.7 Å². The molecule has 0 unspecified atom stereocenters. The Bertz CT molecular complexity index is 958. The molecule has 1 fully saturated rings. The van der Waals surface area contributed by atoms with Crippen LogP contribution in [0.1, 0.15) is 28.8 Å². The van der Waals surface area contributed by atoms with E-state index in [9.17, 15) is 9.59 Å². The van der Waals surface area contributed by atoms with Crippen molar-refractivity contribution in [1.82, 2.24) is 4.90 Å². The summed E-state index contributed by atoms with van der Waals surface area (Å²) in [4.78, 5) is 26.9. The number of anilines is 1. The Balaban J connectivity index is 1.34. The lowest BCUT2D eigenvalue weighted by Crippen LogP contribution is -2.41. The molecule has 0 spiro atoms. The van der Waals surface area contributed by atoms with Gasteiger partial charge in [-0.05, 0) is 43.2 Å². The van der Waals surface area contributed by atoms with E-state index in [4.69, 9.17) is 14.7 Å². The first-order valence-corrected chi connectivity index (χ1v) is 9.14. The van der Waals surface area contributed by atoms with Gasteiger partial charge in [-0.25, -0.2) is 0 Å². The molecule has 7 nitrogen and oxygen atoms in total. The summed E-state index contributed by atoms with van der Waals surface area (Å²) in [6.07, 6.45) is 1.19. The third kappa shape index (κ3) is 3.62. The van der Waals surface area contributed by atoms with Crippen molar-refractivity contribution in [3.8, 4) is 17.6 Å². The van der Waals surface area contributed by atoms with Gasteiger partial charge in [-0.3, -0.25) is 9.59 Å². The Labute approximate surface area is 162 Å². The second kappa shape index (κ2) is 7.61. The van der Waals surface area contributed by atoms with Crippen molar-refractivity contribution < 1.29 is 19.1 Å². The fourth-order valence-corrected chi connectivity index (χ4v) is 3.47. The van der Waals surface area contributed by atoms with Gasteiger partial charge in [-0.2, -0.15) is 5.26 Å². The molecule has 1 N–H and O–H groups in total. The minimum Gasteiger partial charge on any atom is -0.454 e. The number of nitrogens with zero attached hydrogens (tertiary/aromatic N) is 2. The zero-order chi connectivity index (χ0) is 19.5. The zero-order valence-corrected chi connectivity index (χ0v) is 15.2. The van der Waals surface area contributed by atoms with E-state index >= 15 is 0 Å². The van der Waals surface area contributed by atoms with Crippen LogP contribution < -0.4 is 14.8 Å². The summed E-state index contributed by atoms with van der Waals surface area (Å²) >= 11 is 0. The lowest BCUT2D eigenvalue weighted by molar-refractivity contribution is -0.121. The lowest BCUT2D eigenvalue weighted by Gasteiger charge is -2.31. The SMILES string of the molecule is N#Cc1cccc(C(=O)N2CCC(C(=O)Nc3ccc4c(c3)OCO4)CC2)c1. The predicted molar refractivity (Wildman–Crippen MR) is 101 cm³/mol. The van der Waals surface area contributed by atoms with Crippen molar-refractivity contribution in [1.29, 1.82) is 5.26 Å². The minimum atomic E-state index is -0.153. The topological polar surface area (TPSA) is 91.7 Å². The monoisotopic (exact) mass is 377 g/mol. The third-order valence-electron chi connectivity index (χ3n) is 5.03. The van der Waals surface area contributed by atoms with E-state index in [1.165, 1.54) is 0 Å². The molecule has 2 aliphatic heterocycles. The summed E-state index contributed by atoms with van der Waals surface area (Å²) < 4.78 is 10.6. The quantitative estimate of drug-likeness (QED) is 0.888. The Kier molecular flexibility index (Phi) is 4.85. The number of rotatable bonds is 3. The van der Waals surface area contributed by atoms with Crippen molar-refractivity contribution in [2.24, 2.45) is 5.92 Å². The Morgan fingerprint density at radius 1 is 1.07 bits per heavy atom. The zero-order valence-electron chi connectivity index (χ0n) is 15.2.